The zero-order valence-electron chi connectivity index (χ0n) is 14.9. The Balaban J connectivity index is 1.56. The highest BCUT2D eigenvalue weighted by atomic mass is 15.3. The highest BCUT2D eigenvalue weighted by Gasteiger charge is 2.22. The fourth-order valence-corrected chi connectivity index (χ4v) is 3.58. The Morgan fingerprint density at radius 2 is 2.08 bits per heavy atom. The number of fused-ring (bicyclic) bond motifs is 1. The van der Waals surface area contributed by atoms with E-state index in [0.717, 1.165) is 35.6 Å². The molecule has 1 atom stereocenters. The maximum absolute atomic E-state index is 4.88. The van der Waals surface area contributed by atoms with Crippen LogP contribution in [0.3, 0.4) is 0 Å². The van der Waals surface area contributed by atoms with Gasteiger partial charge in [0.1, 0.15) is 11.6 Å². The molecule has 7 heteroatoms. The molecule has 3 heterocycles. The first-order valence-electron chi connectivity index (χ1n) is 9.14. The van der Waals surface area contributed by atoms with E-state index in [-0.39, 0.29) is 0 Å². The van der Waals surface area contributed by atoms with Gasteiger partial charge < -0.3 is 5.32 Å². The van der Waals surface area contributed by atoms with Gasteiger partial charge in [0, 0.05) is 37.9 Å². The van der Waals surface area contributed by atoms with Crippen molar-refractivity contribution in [3.63, 3.8) is 0 Å². The zero-order chi connectivity index (χ0) is 17.2. The molecule has 0 unspecified atom stereocenters. The maximum atomic E-state index is 4.88. The topological polar surface area (TPSA) is 73.5 Å². The third kappa shape index (κ3) is 3.36. The predicted octanol–water partition coefficient (Wildman–Crippen LogP) is 3.11. The van der Waals surface area contributed by atoms with E-state index >= 15 is 0 Å². The Labute approximate surface area is 147 Å². The lowest BCUT2D eigenvalue weighted by Gasteiger charge is -2.17. The predicted molar refractivity (Wildman–Crippen MR) is 97.4 cm³/mol. The second kappa shape index (κ2) is 6.82. The van der Waals surface area contributed by atoms with E-state index in [0.29, 0.717) is 12.0 Å². The van der Waals surface area contributed by atoms with Gasteiger partial charge in [-0.3, -0.25) is 9.36 Å². The smallest absolute Gasteiger partial charge is 0.163 e. The molecule has 1 N–H and O–H groups in total. The summed E-state index contributed by atoms with van der Waals surface area (Å²) in [6, 6.07) is 2.24. The minimum atomic E-state index is 0.291. The van der Waals surface area contributed by atoms with Gasteiger partial charge in [0.15, 0.2) is 5.65 Å². The molecule has 7 nitrogen and oxygen atoms in total. The number of hydrogen-bond acceptors (Lipinski definition) is 5. The number of hydrogen-bond donors (Lipinski definition) is 1. The van der Waals surface area contributed by atoms with E-state index in [1.165, 1.54) is 25.7 Å². The van der Waals surface area contributed by atoms with Crippen LogP contribution >= 0.6 is 0 Å². The van der Waals surface area contributed by atoms with Gasteiger partial charge in [0.05, 0.1) is 11.6 Å². The monoisotopic (exact) mass is 339 g/mol. The lowest BCUT2D eigenvalue weighted by molar-refractivity contribution is 0.544. The van der Waals surface area contributed by atoms with Crippen LogP contribution in [-0.2, 0) is 13.6 Å². The molecular weight excluding hydrogens is 314 g/mol. The fourth-order valence-electron chi connectivity index (χ4n) is 3.58. The summed E-state index contributed by atoms with van der Waals surface area (Å²) in [4.78, 5) is 9.69. The Morgan fingerprint density at radius 1 is 1.24 bits per heavy atom. The van der Waals surface area contributed by atoms with E-state index < -0.39 is 0 Å². The summed E-state index contributed by atoms with van der Waals surface area (Å²) in [6.45, 7) is 3.07. The molecule has 1 fully saturated rings. The van der Waals surface area contributed by atoms with Crippen LogP contribution in [0.1, 0.15) is 50.8 Å². The van der Waals surface area contributed by atoms with Crippen LogP contribution in [0.15, 0.2) is 24.7 Å². The third-order valence-electron chi connectivity index (χ3n) is 5.06. The molecule has 132 valence electrons. The molecule has 0 aliphatic heterocycles. The molecule has 0 radical (unpaired) electrons. The highest BCUT2D eigenvalue weighted by Crippen LogP contribution is 2.34. The number of anilines is 1. The molecule has 3 aromatic heterocycles. The minimum absolute atomic E-state index is 0.291. The summed E-state index contributed by atoms with van der Waals surface area (Å²) in [5.41, 5.74) is 0.915. The van der Waals surface area contributed by atoms with Crippen LogP contribution in [-0.4, -0.2) is 35.6 Å². The van der Waals surface area contributed by atoms with Crippen molar-refractivity contribution in [3.8, 4) is 0 Å². The zero-order valence-corrected chi connectivity index (χ0v) is 14.9. The lowest BCUT2D eigenvalue weighted by Crippen LogP contribution is -2.19. The number of nitrogens with zero attached hydrogens (tertiary/aromatic N) is 6. The quantitative estimate of drug-likeness (QED) is 0.747. The van der Waals surface area contributed by atoms with E-state index in [1.807, 2.05) is 41.1 Å². The maximum Gasteiger partial charge on any atom is 0.163 e. The third-order valence-corrected chi connectivity index (χ3v) is 5.06. The Bertz CT molecular complexity index is 831. The van der Waals surface area contributed by atoms with Crippen molar-refractivity contribution in [2.45, 2.75) is 57.5 Å². The number of aromatic nitrogens is 6. The molecule has 3 aromatic rings. The summed E-state index contributed by atoms with van der Waals surface area (Å²) >= 11 is 0. The molecule has 0 saturated heterocycles. The average Bonchev–Trinajstić information content (AvgIpc) is 3.36. The van der Waals surface area contributed by atoms with Gasteiger partial charge in [-0.1, -0.05) is 12.8 Å². The van der Waals surface area contributed by atoms with Gasteiger partial charge in [0.25, 0.3) is 0 Å². The van der Waals surface area contributed by atoms with Crippen molar-refractivity contribution in [1.29, 1.82) is 0 Å². The molecule has 0 amide bonds. The van der Waals surface area contributed by atoms with Crippen LogP contribution < -0.4 is 5.32 Å². The summed E-state index contributed by atoms with van der Waals surface area (Å²) in [7, 11) is 1.94. The van der Waals surface area contributed by atoms with Crippen molar-refractivity contribution in [3.05, 3.63) is 30.5 Å². The fraction of sp³-hybridized carbons (Fsp3) is 0.556. The molecule has 1 aliphatic carbocycles. The number of nitrogens with one attached hydrogen (secondary N) is 1. The second-order valence-electron chi connectivity index (χ2n) is 7.02. The van der Waals surface area contributed by atoms with Gasteiger partial charge in [-0.15, -0.1) is 0 Å². The normalized spacial score (nSPS) is 16.6. The van der Waals surface area contributed by atoms with Gasteiger partial charge in [-0.05, 0) is 32.3 Å². The van der Waals surface area contributed by atoms with E-state index in [4.69, 9.17) is 9.97 Å². The largest absolute Gasteiger partial charge is 0.367 e. The van der Waals surface area contributed by atoms with Crippen LogP contribution in [0, 0.1) is 0 Å². The molecular formula is C18H25N7. The summed E-state index contributed by atoms with van der Waals surface area (Å²) in [5, 5.41) is 13.2. The molecule has 1 aliphatic rings. The Morgan fingerprint density at radius 3 is 2.84 bits per heavy atom. The first kappa shape index (κ1) is 16.1. The standard InChI is InChI=1S/C18H25N7/c1-13(8-11-25-10-5-9-19-25)21-17-15-12-20-24(2)18(15)23-16(22-17)14-6-3-4-7-14/h5,9-10,12-14H,3-4,6-8,11H2,1-2H3,(H,21,22,23)/t13-/m0/s1. The van der Waals surface area contributed by atoms with Gasteiger partial charge in [0.2, 0.25) is 0 Å². The molecule has 4 rings (SSSR count). The van der Waals surface area contributed by atoms with E-state index in [2.05, 4.69) is 22.4 Å². The van der Waals surface area contributed by atoms with Gasteiger partial charge >= 0.3 is 0 Å². The SMILES string of the molecule is C[C@@H](CCn1cccn1)Nc1nc(C2CCCC2)nc2c1cnn2C. The minimum Gasteiger partial charge on any atom is -0.367 e. The van der Waals surface area contributed by atoms with Crippen LogP contribution in [0.2, 0.25) is 0 Å². The molecule has 0 spiro atoms. The summed E-state index contributed by atoms with van der Waals surface area (Å²) < 4.78 is 3.80. The van der Waals surface area contributed by atoms with Crippen LogP contribution in [0.4, 0.5) is 5.82 Å². The van der Waals surface area contributed by atoms with E-state index in [9.17, 15) is 0 Å². The first-order valence-corrected chi connectivity index (χ1v) is 9.14. The average molecular weight is 339 g/mol. The Kier molecular flexibility index (Phi) is 4.38. The van der Waals surface area contributed by atoms with E-state index in [1.54, 1.807) is 0 Å². The van der Waals surface area contributed by atoms with Crippen molar-refractivity contribution < 1.29 is 0 Å². The van der Waals surface area contributed by atoms with Gasteiger partial charge in [-0.25, -0.2) is 9.97 Å². The van der Waals surface area contributed by atoms with Crippen LogP contribution in [0.5, 0.6) is 0 Å². The van der Waals surface area contributed by atoms with Crippen molar-refractivity contribution in [2.75, 3.05) is 5.32 Å². The Hall–Kier alpha value is -2.44. The van der Waals surface area contributed by atoms with Crippen LogP contribution in [0.25, 0.3) is 11.0 Å². The summed E-state index contributed by atoms with van der Waals surface area (Å²) in [6.07, 6.45) is 11.6. The lowest BCUT2D eigenvalue weighted by atomic mass is 10.1. The molecule has 0 bridgehead atoms. The van der Waals surface area contributed by atoms with Crippen molar-refractivity contribution >= 4 is 16.9 Å². The molecule has 0 aromatic carbocycles. The van der Waals surface area contributed by atoms with Gasteiger partial charge in [-0.2, -0.15) is 10.2 Å². The molecule has 1 saturated carbocycles. The van der Waals surface area contributed by atoms with Crippen molar-refractivity contribution in [2.24, 2.45) is 7.05 Å². The highest BCUT2D eigenvalue weighted by molar-refractivity contribution is 5.86. The first-order chi connectivity index (χ1) is 12.2. The van der Waals surface area contributed by atoms with Crippen molar-refractivity contribution in [1.82, 2.24) is 29.5 Å². The number of rotatable bonds is 6. The molecule has 25 heavy (non-hydrogen) atoms. The summed E-state index contributed by atoms with van der Waals surface area (Å²) in [5.74, 6) is 2.36. The number of aryl methyl sites for hydroxylation is 2. The second-order valence-corrected chi connectivity index (χ2v) is 7.02.